The van der Waals surface area contributed by atoms with Crippen molar-refractivity contribution in [3.8, 4) is 5.69 Å². The van der Waals surface area contributed by atoms with Crippen LogP contribution in [0, 0.1) is 0 Å². The Labute approximate surface area is 175 Å². The Morgan fingerprint density at radius 1 is 0.968 bits per heavy atom. The van der Waals surface area contributed by atoms with E-state index < -0.39 is 17.3 Å². The van der Waals surface area contributed by atoms with Crippen molar-refractivity contribution in [3.05, 3.63) is 94.0 Å². The van der Waals surface area contributed by atoms with E-state index in [1.165, 1.54) is 40.2 Å². The van der Waals surface area contributed by atoms with Crippen LogP contribution in [0.15, 0.2) is 71.8 Å². The van der Waals surface area contributed by atoms with Gasteiger partial charge in [0, 0.05) is 31.2 Å². The lowest BCUT2D eigenvalue weighted by atomic mass is 10.0. The predicted octanol–water partition coefficient (Wildman–Crippen LogP) is 4.36. The van der Waals surface area contributed by atoms with Gasteiger partial charge in [0.25, 0.3) is 5.56 Å². The number of hydrogen-bond donors (Lipinski definition) is 0. The molecule has 0 bridgehead atoms. The van der Waals surface area contributed by atoms with Crippen molar-refractivity contribution >= 4 is 16.9 Å². The summed E-state index contributed by atoms with van der Waals surface area (Å²) in [6, 6.07) is 14.5. The summed E-state index contributed by atoms with van der Waals surface area (Å²) in [5.41, 5.74) is 1.85. The highest BCUT2D eigenvalue weighted by Gasteiger charge is 2.30. The number of nitrogens with zero attached hydrogens (tertiary/aromatic N) is 4. The molecule has 8 heteroatoms. The molecule has 2 aromatic heterocycles. The summed E-state index contributed by atoms with van der Waals surface area (Å²) < 4.78 is 40.3. The number of halogens is 3. The third-order valence-electron chi connectivity index (χ3n) is 5.50. The topological polar surface area (TPSA) is 51.0 Å². The van der Waals surface area contributed by atoms with Crippen molar-refractivity contribution in [2.45, 2.75) is 19.1 Å². The number of rotatable bonds is 2. The summed E-state index contributed by atoms with van der Waals surface area (Å²) in [6.07, 6.45) is -0.705. The molecule has 156 valence electrons. The van der Waals surface area contributed by atoms with Crippen LogP contribution in [0.1, 0.15) is 16.7 Å². The maximum absolute atomic E-state index is 13.0. The number of fused-ring (bicyclic) bond motifs is 2. The van der Waals surface area contributed by atoms with Gasteiger partial charge in [-0.3, -0.25) is 9.36 Å². The van der Waals surface area contributed by atoms with Crippen LogP contribution in [-0.2, 0) is 19.1 Å². The van der Waals surface area contributed by atoms with Crippen molar-refractivity contribution < 1.29 is 13.2 Å². The van der Waals surface area contributed by atoms with Gasteiger partial charge in [0.05, 0.1) is 16.5 Å². The number of alkyl halides is 3. The van der Waals surface area contributed by atoms with Gasteiger partial charge in [0.1, 0.15) is 0 Å². The average molecular weight is 422 g/mol. The lowest BCUT2D eigenvalue weighted by Gasteiger charge is -2.28. The van der Waals surface area contributed by atoms with Crippen LogP contribution in [0.3, 0.4) is 0 Å². The van der Waals surface area contributed by atoms with Gasteiger partial charge in [-0.15, -0.1) is 0 Å². The summed E-state index contributed by atoms with van der Waals surface area (Å²) in [4.78, 5) is 23.9. The Hall–Kier alpha value is -3.68. The van der Waals surface area contributed by atoms with E-state index in [4.69, 9.17) is 0 Å². The van der Waals surface area contributed by atoms with Crippen molar-refractivity contribution in [3.63, 3.8) is 0 Å². The summed E-state index contributed by atoms with van der Waals surface area (Å²) in [5, 5.41) is 0.251. The molecule has 4 aromatic rings. The van der Waals surface area contributed by atoms with Gasteiger partial charge in [-0.05, 0) is 41.8 Å². The molecule has 1 aliphatic rings. The molecular weight excluding hydrogens is 405 g/mol. The molecule has 0 spiro atoms. The molecule has 0 radical (unpaired) electrons. The molecule has 0 aliphatic carbocycles. The average Bonchev–Trinajstić information content (AvgIpc) is 2.78. The quantitative estimate of drug-likeness (QED) is 0.482. The standard InChI is InChI=1S/C23H17F3N4O/c24-23(25,26)17-6-3-7-18(12-17)30-11-9-20-19(21(30)31)13-27-22(28-20)29-10-8-15-4-1-2-5-16(15)14-29/h1-7,9,11-13H,8,10,14H2. The fourth-order valence-electron chi connectivity index (χ4n) is 3.87. The lowest BCUT2D eigenvalue weighted by molar-refractivity contribution is -0.137. The van der Waals surface area contributed by atoms with Gasteiger partial charge in [-0.1, -0.05) is 30.3 Å². The fraction of sp³-hybridized carbons (Fsp3) is 0.174. The van der Waals surface area contributed by atoms with E-state index in [0.717, 1.165) is 25.1 Å². The Balaban J connectivity index is 1.51. The summed E-state index contributed by atoms with van der Waals surface area (Å²) in [7, 11) is 0. The third kappa shape index (κ3) is 3.54. The largest absolute Gasteiger partial charge is 0.416 e. The molecule has 2 aromatic carbocycles. The first-order valence-electron chi connectivity index (χ1n) is 9.78. The minimum Gasteiger partial charge on any atom is -0.336 e. The summed E-state index contributed by atoms with van der Waals surface area (Å²) in [6.45, 7) is 1.45. The van der Waals surface area contributed by atoms with Gasteiger partial charge in [-0.2, -0.15) is 13.2 Å². The van der Waals surface area contributed by atoms with E-state index in [1.54, 1.807) is 6.07 Å². The smallest absolute Gasteiger partial charge is 0.336 e. The van der Waals surface area contributed by atoms with E-state index in [2.05, 4.69) is 27.0 Å². The number of pyridine rings is 1. The fourth-order valence-corrected chi connectivity index (χ4v) is 3.87. The van der Waals surface area contributed by atoms with Gasteiger partial charge in [-0.25, -0.2) is 9.97 Å². The van der Waals surface area contributed by atoms with Crippen molar-refractivity contribution in [2.75, 3.05) is 11.4 Å². The lowest BCUT2D eigenvalue weighted by Crippen LogP contribution is -2.31. The second kappa shape index (κ2) is 7.23. The highest BCUT2D eigenvalue weighted by Crippen LogP contribution is 2.30. The molecule has 0 saturated heterocycles. The minimum absolute atomic E-state index is 0.137. The van der Waals surface area contributed by atoms with Crippen LogP contribution < -0.4 is 10.5 Å². The molecule has 0 N–H and O–H groups in total. The zero-order valence-electron chi connectivity index (χ0n) is 16.3. The highest BCUT2D eigenvalue weighted by molar-refractivity contribution is 5.78. The number of anilines is 1. The molecule has 0 unspecified atom stereocenters. The van der Waals surface area contributed by atoms with Gasteiger partial charge in [0.15, 0.2) is 0 Å². The number of aromatic nitrogens is 3. The van der Waals surface area contributed by atoms with Gasteiger partial charge in [0.2, 0.25) is 5.95 Å². The summed E-state index contributed by atoms with van der Waals surface area (Å²) >= 11 is 0. The monoisotopic (exact) mass is 422 g/mol. The van der Waals surface area contributed by atoms with Crippen molar-refractivity contribution in [1.82, 2.24) is 14.5 Å². The summed E-state index contributed by atoms with van der Waals surface area (Å²) in [5.74, 6) is 0.526. The van der Waals surface area contributed by atoms with Gasteiger partial charge < -0.3 is 4.90 Å². The highest BCUT2D eigenvalue weighted by atomic mass is 19.4. The molecule has 5 rings (SSSR count). The van der Waals surface area contributed by atoms with E-state index in [-0.39, 0.29) is 11.1 Å². The minimum atomic E-state index is -4.48. The zero-order valence-corrected chi connectivity index (χ0v) is 16.3. The Kier molecular flexibility index (Phi) is 4.50. The first-order chi connectivity index (χ1) is 14.9. The molecule has 0 amide bonds. The normalized spacial score (nSPS) is 14.0. The third-order valence-corrected chi connectivity index (χ3v) is 5.50. The molecular formula is C23H17F3N4O. The zero-order chi connectivity index (χ0) is 21.6. The van der Waals surface area contributed by atoms with Crippen LogP contribution in [0.4, 0.5) is 19.1 Å². The van der Waals surface area contributed by atoms with E-state index in [1.807, 2.05) is 12.1 Å². The van der Waals surface area contributed by atoms with Crippen LogP contribution in [0.5, 0.6) is 0 Å². The maximum atomic E-state index is 13.0. The SMILES string of the molecule is O=c1c2cnc(N3CCc4ccccc4C3)nc2ccn1-c1cccc(C(F)(F)F)c1. The van der Waals surface area contributed by atoms with Crippen molar-refractivity contribution in [2.24, 2.45) is 0 Å². The maximum Gasteiger partial charge on any atom is 0.416 e. The van der Waals surface area contributed by atoms with E-state index in [0.29, 0.717) is 18.0 Å². The number of hydrogen-bond acceptors (Lipinski definition) is 4. The van der Waals surface area contributed by atoms with Crippen LogP contribution in [0.25, 0.3) is 16.6 Å². The van der Waals surface area contributed by atoms with Crippen molar-refractivity contribution in [1.29, 1.82) is 0 Å². The Morgan fingerprint density at radius 2 is 1.77 bits per heavy atom. The van der Waals surface area contributed by atoms with E-state index >= 15 is 0 Å². The molecule has 31 heavy (non-hydrogen) atoms. The van der Waals surface area contributed by atoms with Crippen LogP contribution >= 0.6 is 0 Å². The Bertz CT molecular complexity index is 1350. The molecule has 3 heterocycles. The molecule has 1 aliphatic heterocycles. The second-order valence-corrected chi connectivity index (χ2v) is 7.45. The molecule has 5 nitrogen and oxygen atoms in total. The first kappa shape index (κ1) is 19.3. The first-order valence-corrected chi connectivity index (χ1v) is 9.78. The second-order valence-electron chi connectivity index (χ2n) is 7.45. The van der Waals surface area contributed by atoms with Gasteiger partial charge >= 0.3 is 6.18 Å². The van der Waals surface area contributed by atoms with Crippen LogP contribution in [-0.4, -0.2) is 21.1 Å². The van der Waals surface area contributed by atoms with Crippen LogP contribution in [0.2, 0.25) is 0 Å². The number of benzene rings is 2. The molecule has 0 fully saturated rings. The Morgan fingerprint density at radius 3 is 2.58 bits per heavy atom. The van der Waals surface area contributed by atoms with E-state index in [9.17, 15) is 18.0 Å². The molecule has 0 atom stereocenters. The predicted molar refractivity (Wildman–Crippen MR) is 111 cm³/mol. The molecule has 0 saturated carbocycles.